The lowest BCUT2D eigenvalue weighted by Gasteiger charge is -2.16. The van der Waals surface area contributed by atoms with Gasteiger partial charge in [-0.25, -0.2) is 4.79 Å². The zero-order chi connectivity index (χ0) is 15.8. The Bertz CT molecular complexity index is 484. The van der Waals surface area contributed by atoms with Crippen LogP contribution in [0.2, 0.25) is 0 Å². The van der Waals surface area contributed by atoms with Crippen LogP contribution in [0.3, 0.4) is 0 Å². The van der Waals surface area contributed by atoms with E-state index in [1.54, 1.807) is 6.07 Å². The number of carbonyl (C=O) groups is 1. The highest BCUT2D eigenvalue weighted by atomic mass is 79.9. The normalized spacial score (nSPS) is 10.6. The van der Waals surface area contributed by atoms with E-state index in [-0.39, 0.29) is 0 Å². The summed E-state index contributed by atoms with van der Waals surface area (Å²) in [4.78, 5) is 14.0. The summed E-state index contributed by atoms with van der Waals surface area (Å²) in [6.45, 7) is 1.46. The first-order chi connectivity index (χ1) is 9.99. The molecule has 0 aliphatic rings. The summed E-state index contributed by atoms with van der Waals surface area (Å²) in [6.07, 6.45) is 2.79. The summed E-state index contributed by atoms with van der Waals surface area (Å²) in [5.74, 6) is 0.112. The van der Waals surface area contributed by atoms with Crippen LogP contribution in [0.5, 0.6) is 5.75 Å². The molecule has 0 heterocycles. The van der Waals surface area contributed by atoms with E-state index in [0.29, 0.717) is 17.9 Å². The van der Waals surface area contributed by atoms with Crippen LogP contribution in [0.25, 0.3) is 0 Å². The topological polar surface area (TPSA) is 50.8 Å². The summed E-state index contributed by atoms with van der Waals surface area (Å²) in [6, 6.07) is 3.59. The van der Waals surface area contributed by atoms with Crippen LogP contribution in [0.15, 0.2) is 16.6 Å². The molecule has 0 atom stereocenters. The molecule has 0 saturated heterocycles. The Morgan fingerprint density at radius 1 is 1.43 bits per heavy atom. The number of nitrogens with one attached hydrogen (secondary N) is 1. The smallest absolute Gasteiger partial charge is 0.341 e. The number of nitrogens with zero attached hydrogens (tertiary/aromatic N) is 1. The molecule has 0 spiro atoms. The van der Waals surface area contributed by atoms with Gasteiger partial charge in [0.05, 0.1) is 19.4 Å². The Labute approximate surface area is 138 Å². The summed E-state index contributed by atoms with van der Waals surface area (Å²) in [7, 11) is 5.39. The zero-order valence-electron chi connectivity index (χ0n) is 12.7. The number of carbonyl (C=O) groups excluding carboxylic acids is 1. The quantitative estimate of drug-likeness (QED) is 0.426. The monoisotopic (exact) mass is 376 g/mol. The second-order valence-electron chi connectivity index (χ2n) is 4.63. The molecule has 0 unspecified atom stereocenters. The highest BCUT2D eigenvalue weighted by molar-refractivity contribution is 9.10. The second kappa shape index (κ2) is 9.17. The van der Waals surface area contributed by atoms with Crippen molar-refractivity contribution in [3.8, 4) is 5.75 Å². The molecule has 118 valence electrons. The lowest BCUT2D eigenvalue weighted by Crippen LogP contribution is -2.16. The predicted molar refractivity (Wildman–Crippen MR) is 91.3 cm³/mol. The molecule has 0 aliphatic heterocycles. The minimum Gasteiger partial charge on any atom is -0.490 e. The van der Waals surface area contributed by atoms with Crippen LogP contribution in [-0.2, 0) is 4.74 Å². The molecule has 5 nitrogen and oxygen atoms in total. The first-order valence-corrected chi connectivity index (χ1v) is 8.49. The molecule has 0 aromatic heterocycles. The van der Waals surface area contributed by atoms with Crippen LogP contribution in [0.4, 0.5) is 5.69 Å². The largest absolute Gasteiger partial charge is 0.490 e. The van der Waals surface area contributed by atoms with E-state index in [0.717, 1.165) is 23.1 Å². The first-order valence-electron chi connectivity index (χ1n) is 6.48. The molecule has 0 amide bonds. The number of anilines is 1. The Hall–Kier alpha value is -0.920. The number of methoxy groups -OCH3 is 1. The molecule has 1 rings (SSSR count). The molecule has 0 saturated carbocycles. The van der Waals surface area contributed by atoms with Crippen molar-refractivity contribution in [3.05, 3.63) is 22.2 Å². The van der Waals surface area contributed by atoms with E-state index in [9.17, 15) is 4.79 Å². The molecular weight excluding hydrogens is 356 g/mol. The Morgan fingerprint density at radius 3 is 2.71 bits per heavy atom. The number of rotatable bonds is 8. The van der Waals surface area contributed by atoms with Crippen molar-refractivity contribution in [3.63, 3.8) is 0 Å². The van der Waals surface area contributed by atoms with Crippen LogP contribution in [0, 0.1) is 0 Å². The zero-order valence-corrected chi connectivity index (χ0v) is 15.1. The van der Waals surface area contributed by atoms with Crippen molar-refractivity contribution >= 4 is 39.5 Å². The number of ether oxygens (including phenoxy) is 2. The average Bonchev–Trinajstić information content (AvgIpc) is 2.44. The summed E-state index contributed by atoms with van der Waals surface area (Å²) in [5.41, 5.74) is 1.16. The molecule has 7 heteroatoms. The van der Waals surface area contributed by atoms with Crippen LogP contribution in [0.1, 0.15) is 16.8 Å². The van der Waals surface area contributed by atoms with E-state index < -0.39 is 5.97 Å². The molecule has 21 heavy (non-hydrogen) atoms. The minimum atomic E-state index is -0.414. The van der Waals surface area contributed by atoms with Gasteiger partial charge in [-0.15, -0.1) is 0 Å². The fraction of sp³-hybridized carbons (Fsp3) is 0.500. The second-order valence-corrected chi connectivity index (χ2v) is 6.16. The van der Waals surface area contributed by atoms with Gasteiger partial charge in [-0.05, 0) is 32.6 Å². The van der Waals surface area contributed by atoms with Crippen molar-refractivity contribution in [1.82, 2.24) is 4.90 Å². The molecule has 1 aromatic carbocycles. The fourth-order valence-electron chi connectivity index (χ4n) is 1.75. The number of hydrogen-bond donors (Lipinski definition) is 1. The van der Waals surface area contributed by atoms with E-state index >= 15 is 0 Å². The third kappa shape index (κ3) is 5.76. The van der Waals surface area contributed by atoms with E-state index in [4.69, 9.17) is 9.47 Å². The number of benzene rings is 1. The van der Waals surface area contributed by atoms with Gasteiger partial charge in [-0.1, -0.05) is 27.9 Å². The number of esters is 1. The van der Waals surface area contributed by atoms with Crippen LogP contribution >= 0.6 is 27.9 Å². The SMILES string of the molecule is COC(=O)c1cc(Br)cc(NSC)c1OCCCN(C)C. The van der Waals surface area contributed by atoms with Gasteiger partial charge in [0.1, 0.15) is 5.56 Å². The van der Waals surface area contributed by atoms with Crippen LogP contribution in [-0.4, -0.2) is 51.5 Å². The third-order valence-corrected chi connectivity index (χ3v) is 3.55. The van der Waals surface area contributed by atoms with Gasteiger partial charge in [0, 0.05) is 17.3 Å². The van der Waals surface area contributed by atoms with E-state index in [1.807, 2.05) is 26.4 Å². The van der Waals surface area contributed by atoms with Gasteiger partial charge in [-0.3, -0.25) is 0 Å². The van der Waals surface area contributed by atoms with Crippen LogP contribution < -0.4 is 9.46 Å². The summed E-state index contributed by atoms with van der Waals surface area (Å²) < 4.78 is 14.6. The molecule has 0 radical (unpaired) electrons. The standard InChI is InChI=1S/C14H21BrN2O3S/c1-17(2)6-5-7-20-13-11(14(18)19-3)8-10(15)9-12(13)16-21-4/h8-9,16H,5-7H2,1-4H3. The van der Waals surface area contributed by atoms with Gasteiger partial charge < -0.3 is 19.1 Å². The Kier molecular flexibility index (Phi) is 7.92. The average molecular weight is 377 g/mol. The maximum atomic E-state index is 11.9. The lowest BCUT2D eigenvalue weighted by molar-refractivity contribution is 0.0596. The third-order valence-electron chi connectivity index (χ3n) is 2.67. The Balaban J connectivity index is 2.97. The van der Waals surface area contributed by atoms with Gasteiger partial charge in [0.2, 0.25) is 0 Å². The van der Waals surface area contributed by atoms with Crippen molar-refractivity contribution in [1.29, 1.82) is 0 Å². The van der Waals surface area contributed by atoms with Crippen molar-refractivity contribution in [2.75, 3.05) is 45.3 Å². The number of hydrogen-bond acceptors (Lipinski definition) is 6. The Morgan fingerprint density at radius 2 is 2.14 bits per heavy atom. The lowest BCUT2D eigenvalue weighted by atomic mass is 10.1. The molecule has 0 fully saturated rings. The highest BCUT2D eigenvalue weighted by Gasteiger charge is 2.18. The molecule has 0 bridgehead atoms. The van der Waals surface area contributed by atoms with Gasteiger partial charge in [0.25, 0.3) is 0 Å². The molecule has 1 N–H and O–H groups in total. The molecule has 0 aliphatic carbocycles. The van der Waals surface area contributed by atoms with Gasteiger partial charge in [0.15, 0.2) is 5.75 Å². The minimum absolute atomic E-state index is 0.410. The maximum absolute atomic E-state index is 11.9. The summed E-state index contributed by atoms with van der Waals surface area (Å²) >= 11 is 4.83. The molecular formula is C14H21BrN2O3S. The van der Waals surface area contributed by atoms with Gasteiger partial charge in [-0.2, -0.15) is 0 Å². The van der Waals surface area contributed by atoms with E-state index in [1.165, 1.54) is 19.1 Å². The highest BCUT2D eigenvalue weighted by Crippen LogP contribution is 2.35. The predicted octanol–water partition coefficient (Wildman–Crippen LogP) is 3.26. The van der Waals surface area contributed by atoms with Crippen molar-refractivity contribution < 1.29 is 14.3 Å². The van der Waals surface area contributed by atoms with Gasteiger partial charge >= 0.3 is 5.97 Å². The number of halogens is 1. The fourth-order valence-corrected chi connectivity index (χ4v) is 2.58. The molecule has 1 aromatic rings. The van der Waals surface area contributed by atoms with E-state index in [2.05, 4.69) is 25.6 Å². The van der Waals surface area contributed by atoms with Crippen molar-refractivity contribution in [2.45, 2.75) is 6.42 Å². The first kappa shape index (κ1) is 18.1. The van der Waals surface area contributed by atoms with Crippen molar-refractivity contribution in [2.24, 2.45) is 0 Å². The summed E-state index contributed by atoms with van der Waals surface area (Å²) in [5, 5.41) is 0. The maximum Gasteiger partial charge on any atom is 0.341 e.